The number of halogens is 1. The van der Waals surface area contributed by atoms with Crippen LogP contribution in [0.3, 0.4) is 0 Å². The summed E-state index contributed by atoms with van der Waals surface area (Å²) < 4.78 is 27.1. The maximum Gasteiger partial charge on any atom is 0.261 e. The van der Waals surface area contributed by atoms with Crippen molar-refractivity contribution in [2.24, 2.45) is 0 Å². The molecule has 2 aromatic rings. The van der Waals surface area contributed by atoms with E-state index in [-0.39, 0.29) is 10.6 Å². The van der Waals surface area contributed by atoms with Crippen LogP contribution in [0.4, 0.5) is 11.4 Å². The van der Waals surface area contributed by atoms with Crippen LogP contribution in [0, 0.1) is 13.8 Å². The molecule has 0 bridgehead atoms. The predicted octanol–water partition coefficient (Wildman–Crippen LogP) is 3.34. The number of rotatable bonds is 3. The third-order valence-electron chi connectivity index (χ3n) is 3.02. The fraction of sp³-hybridized carbons (Fsp3) is 0.143. The number of hydrogen-bond acceptors (Lipinski definition) is 3. The summed E-state index contributed by atoms with van der Waals surface area (Å²) >= 11 is 5.96. The summed E-state index contributed by atoms with van der Waals surface area (Å²) in [6, 6.07) is 9.60. The minimum absolute atomic E-state index is 0.194. The van der Waals surface area contributed by atoms with Crippen molar-refractivity contribution in [3.63, 3.8) is 0 Å². The first-order valence-corrected chi connectivity index (χ1v) is 7.81. The molecule has 0 atom stereocenters. The summed E-state index contributed by atoms with van der Waals surface area (Å²) in [5, 5.41) is 0.298. The average molecular weight is 311 g/mol. The highest BCUT2D eigenvalue weighted by Gasteiger charge is 2.16. The Morgan fingerprint density at radius 1 is 1.05 bits per heavy atom. The number of sulfonamides is 1. The minimum atomic E-state index is -3.68. The molecule has 0 radical (unpaired) electrons. The van der Waals surface area contributed by atoms with Gasteiger partial charge in [0.15, 0.2) is 0 Å². The molecule has 20 heavy (non-hydrogen) atoms. The SMILES string of the molecule is Cc1ccc(S(=O)(=O)Nc2cc(N)ccc2Cl)cc1C. The maximum atomic E-state index is 12.3. The summed E-state index contributed by atoms with van der Waals surface area (Å²) in [5.74, 6) is 0. The molecule has 106 valence electrons. The van der Waals surface area contributed by atoms with Gasteiger partial charge in [0, 0.05) is 5.69 Å². The Morgan fingerprint density at radius 2 is 1.75 bits per heavy atom. The average Bonchev–Trinajstić information content (AvgIpc) is 2.36. The van der Waals surface area contributed by atoms with E-state index in [0.29, 0.717) is 10.7 Å². The number of hydrogen-bond donors (Lipinski definition) is 2. The van der Waals surface area contributed by atoms with Crippen molar-refractivity contribution in [2.45, 2.75) is 18.7 Å². The van der Waals surface area contributed by atoms with Crippen LogP contribution >= 0.6 is 11.6 Å². The number of benzene rings is 2. The molecule has 0 unspecified atom stereocenters. The topological polar surface area (TPSA) is 72.2 Å². The molecule has 2 rings (SSSR count). The van der Waals surface area contributed by atoms with E-state index in [1.165, 1.54) is 6.07 Å². The van der Waals surface area contributed by atoms with Crippen molar-refractivity contribution < 1.29 is 8.42 Å². The molecule has 3 N–H and O–H groups in total. The van der Waals surface area contributed by atoms with Crippen LogP contribution in [-0.2, 0) is 10.0 Å². The highest BCUT2D eigenvalue weighted by atomic mass is 35.5. The largest absolute Gasteiger partial charge is 0.399 e. The van der Waals surface area contributed by atoms with Crippen LogP contribution in [0.25, 0.3) is 0 Å². The van der Waals surface area contributed by atoms with Crippen molar-refractivity contribution >= 4 is 33.0 Å². The fourth-order valence-corrected chi connectivity index (χ4v) is 3.08. The van der Waals surface area contributed by atoms with Crippen LogP contribution in [-0.4, -0.2) is 8.42 Å². The Balaban J connectivity index is 2.40. The fourth-order valence-electron chi connectivity index (χ4n) is 1.71. The lowest BCUT2D eigenvalue weighted by atomic mass is 10.1. The Hall–Kier alpha value is -1.72. The second-order valence-corrected chi connectivity index (χ2v) is 6.68. The minimum Gasteiger partial charge on any atom is -0.399 e. The summed E-state index contributed by atoms with van der Waals surface area (Å²) in [7, 11) is -3.68. The van der Waals surface area contributed by atoms with Gasteiger partial charge in [0.25, 0.3) is 10.0 Å². The van der Waals surface area contributed by atoms with Crippen molar-refractivity contribution in [1.29, 1.82) is 0 Å². The van der Waals surface area contributed by atoms with E-state index < -0.39 is 10.0 Å². The molecule has 6 heteroatoms. The van der Waals surface area contributed by atoms with Gasteiger partial charge in [-0.15, -0.1) is 0 Å². The third kappa shape index (κ3) is 3.05. The summed E-state index contributed by atoms with van der Waals surface area (Å²) in [6.07, 6.45) is 0. The molecule has 4 nitrogen and oxygen atoms in total. The Bertz CT molecular complexity index is 758. The molecule has 0 saturated heterocycles. The number of aryl methyl sites for hydroxylation is 2. The molecule has 0 fully saturated rings. The first kappa shape index (κ1) is 14.7. The van der Waals surface area contributed by atoms with Gasteiger partial charge in [-0.25, -0.2) is 8.42 Å². The quantitative estimate of drug-likeness (QED) is 0.854. The van der Waals surface area contributed by atoms with E-state index in [0.717, 1.165) is 11.1 Å². The smallest absolute Gasteiger partial charge is 0.261 e. The Kier molecular flexibility index (Phi) is 3.92. The van der Waals surface area contributed by atoms with Crippen molar-refractivity contribution in [1.82, 2.24) is 0 Å². The maximum absolute atomic E-state index is 12.3. The van der Waals surface area contributed by atoms with Gasteiger partial charge in [-0.2, -0.15) is 0 Å². The zero-order valence-electron chi connectivity index (χ0n) is 11.1. The zero-order valence-corrected chi connectivity index (χ0v) is 12.7. The molecule has 0 aliphatic carbocycles. The lowest BCUT2D eigenvalue weighted by Crippen LogP contribution is -2.13. The first-order chi connectivity index (χ1) is 9.29. The molecule has 0 aliphatic heterocycles. The predicted molar refractivity (Wildman–Crippen MR) is 82.6 cm³/mol. The zero-order chi connectivity index (χ0) is 14.9. The molecular weight excluding hydrogens is 296 g/mol. The summed E-state index contributed by atoms with van der Waals surface area (Å²) in [5.41, 5.74) is 8.28. The van der Waals surface area contributed by atoms with Gasteiger partial charge in [0.05, 0.1) is 15.6 Å². The van der Waals surface area contributed by atoms with Gasteiger partial charge in [0.1, 0.15) is 0 Å². The lowest BCUT2D eigenvalue weighted by Gasteiger charge is -2.11. The Morgan fingerprint density at radius 3 is 2.40 bits per heavy atom. The van der Waals surface area contributed by atoms with Crippen LogP contribution in [0.15, 0.2) is 41.3 Å². The van der Waals surface area contributed by atoms with Crippen LogP contribution in [0.5, 0.6) is 0 Å². The van der Waals surface area contributed by atoms with Gasteiger partial charge in [-0.05, 0) is 55.3 Å². The Labute approximate surface area is 123 Å². The highest BCUT2D eigenvalue weighted by molar-refractivity contribution is 7.92. The standard InChI is InChI=1S/C14H15ClN2O2S/c1-9-3-5-12(7-10(9)2)20(18,19)17-14-8-11(16)4-6-13(14)15/h3-8,17H,16H2,1-2H3. The molecule has 2 aromatic carbocycles. The van der Waals surface area contributed by atoms with E-state index >= 15 is 0 Å². The van der Waals surface area contributed by atoms with Gasteiger partial charge in [-0.3, -0.25) is 4.72 Å². The van der Waals surface area contributed by atoms with E-state index in [1.807, 2.05) is 13.8 Å². The van der Waals surface area contributed by atoms with Crippen LogP contribution in [0.2, 0.25) is 5.02 Å². The van der Waals surface area contributed by atoms with E-state index in [2.05, 4.69) is 4.72 Å². The van der Waals surface area contributed by atoms with Gasteiger partial charge in [0.2, 0.25) is 0 Å². The normalized spacial score (nSPS) is 11.3. The highest BCUT2D eigenvalue weighted by Crippen LogP contribution is 2.27. The molecule has 0 heterocycles. The first-order valence-electron chi connectivity index (χ1n) is 5.95. The second-order valence-electron chi connectivity index (χ2n) is 4.59. The molecule has 0 amide bonds. The van der Waals surface area contributed by atoms with Crippen molar-refractivity contribution in [3.05, 3.63) is 52.5 Å². The van der Waals surface area contributed by atoms with E-state index in [4.69, 9.17) is 17.3 Å². The molecular formula is C14H15ClN2O2S. The van der Waals surface area contributed by atoms with Crippen molar-refractivity contribution in [2.75, 3.05) is 10.5 Å². The van der Waals surface area contributed by atoms with Gasteiger partial charge in [-0.1, -0.05) is 17.7 Å². The van der Waals surface area contributed by atoms with Gasteiger partial charge >= 0.3 is 0 Å². The van der Waals surface area contributed by atoms with Crippen LogP contribution < -0.4 is 10.5 Å². The number of nitrogens with two attached hydrogens (primary N) is 1. The second kappa shape index (κ2) is 5.34. The molecule has 0 saturated carbocycles. The van der Waals surface area contributed by atoms with Crippen molar-refractivity contribution in [3.8, 4) is 0 Å². The number of nitrogens with one attached hydrogen (secondary N) is 1. The lowest BCUT2D eigenvalue weighted by molar-refractivity contribution is 0.601. The summed E-state index contributed by atoms with van der Waals surface area (Å²) in [6.45, 7) is 3.79. The molecule has 0 spiro atoms. The summed E-state index contributed by atoms with van der Waals surface area (Å²) in [4.78, 5) is 0.194. The van der Waals surface area contributed by atoms with E-state index in [9.17, 15) is 8.42 Å². The molecule has 0 aromatic heterocycles. The van der Waals surface area contributed by atoms with Gasteiger partial charge < -0.3 is 5.73 Å². The van der Waals surface area contributed by atoms with Crippen LogP contribution in [0.1, 0.15) is 11.1 Å². The van der Waals surface area contributed by atoms with E-state index in [1.54, 1.807) is 30.3 Å². The third-order valence-corrected chi connectivity index (χ3v) is 4.72. The number of nitrogen functional groups attached to an aromatic ring is 1. The monoisotopic (exact) mass is 310 g/mol. The molecule has 0 aliphatic rings. The number of anilines is 2.